The van der Waals surface area contributed by atoms with Gasteiger partial charge in [-0.2, -0.15) is 0 Å². The number of rotatable bonds is 5. The zero-order valence-electron chi connectivity index (χ0n) is 10.2. The summed E-state index contributed by atoms with van der Waals surface area (Å²) in [4.78, 5) is 6.32. The van der Waals surface area contributed by atoms with Gasteiger partial charge in [-0.3, -0.25) is 4.98 Å². The number of pyridine rings is 1. The number of halogens is 1. The van der Waals surface area contributed by atoms with Gasteiger partial charge in [0.15, 0.2) is 0 Å². The number of nitrogens with one attached hydrogen (secondary N) is 1. The lowest BCUT2D eigenvalue weighted by Crippen LogP contribution is -2.11. The average molecular weight is 279 g/mol. The van der Waals surface area contributed by atoms with Crippen molar-refractivity contribution in [3.8, 4) is 0 Å². The molecule has 2 nitrogen and oxygen atoms in total. The number of hydrogen-bond donors (Lipinski definition) is 1. The molecular weight excluding hydrogens is 264 g/mol. The third kappa shape index (κ3) is 3.73. The van der Waals surface area contributed by atoms with Gasteiger partial charge in [0.05, 0.1) is 0 Å². The van der Waals surface area contributed by atoms with Crippen LogP contribution in [0.3, 0.4) is 0 Å². The Labute approximate surface area is 117 Å². The lowest BCUT2D eigenvalue weighted by atomic mass is 10.2. The van der Waals surface area contributed by atoms with Crippen LogP contribution in [-0.2, 0) is 6.54 Å². The van der Waals surface area contributed by atoms with Crippen LogP contribution >= 0.6 is 23.4 Å². The molecule has 4 heteroatoms. The third-order valence-corrected chi connectivity index (χ3v) is 3.82. The molecule has 0 spiro atoms. The second kappa shape index (κ2) is 6.78. The van der Waals surface area contributed by atoms with Gasteiger partial charge in [-0.15, -0.1) is 0 Å². The zero-order valence-corrected chi connectivity index (χ0v) is 11.8. The molecule has 0 atom stereocenters. The van der Waals surface area contributed by atoms with Crippen molar-refractivity contribution >= 4 is 23.4 Å². The molecule has 2 rings (SSSR count). The minimum atomic E-state index is 0.815. The molecule has 0 saturated heterocycles. The molecule has 0 unspecified atom stereocenters. The molecule has 1 N–H and O–H groups in total. The molecule has 94 valence electrons. The molecule has 0 aliphatic heterocycles. The molecule has 0 radical (unpaired) electrons. The van der Waals surface area contributed by atoms with E-state index in [1.54, 1.807) is 24.2 Å². The molecule has 0 amide bonds. The summed E-state index contributed by atoms with van der Waals surface area (Å²) in [6.07, 6.45) is 3.59. The molecule has 1 aromatic heterocycles. The van der Waals surface area contributed by atoms with E-state index < -0.39 is 0 Å². The zero-order chi connectivity index (χ0) is 12.8. The van der Waals surface area contributed by atoms with E-state index in [1.807, 2.05) is 18.2 Å². The van der Waals surface area contributed by atoms with Gasteiger partial charge >= 0.3 is 0 Å². The van der Waals surface area contributed by atoms with Crippen molar-refractivity contribution in [1.29, 1.82) is 0 Å². The topological polar surface area (TPSA) is 24.9 Å². The first-order valence-electron chi connectivity index (χ1n) is 5.86. The first-order valence-corrected chi connectivity index (χ1v) is 7.06. The summed E-state index contributed by atoms with van der Waals surface area (Å²) in [5.41, 5.74) is 1.14. The SMILES string of the molecule is CCNCc1ccc(Sc2ccncc2)cc1Cl. The van der Waals surface area contributed by atoms with Gasteiger partial charge in [0.2, 0.25) is 0 Å². The summed E-state index contributed by atoms with van der Waals surface area (Å²) in [5.74, 6) is 0. The third-order valence-electron chi connectivity index (χ3n) is 2.48. The standard InChI is InChI=1S/C14H15ClN2S/c1-2-16-10-11-3-4-13(9-14(11)15)18-12-5-7-17-8-6-12/h3-9,16H,2,10H2,1H3. The van der Waals surface area contributed by atoms with Crippen LogP contribution in [0.1, 0.15) is 12.5 Å². The van der Waals surface area contributed by atoms with E-state index in [9.17, 15) is 0 Å². The molecule has 0 bridgehead atoms. The van der Waals surface area contributed by atoms with Gasteiger partial charge in [-0.1, -0.05) is 36.4 Å². The maximum absolute atomic E-state index is 6.27. The monoisotopic (exact) mass is 278 g/mol. The lowest BCUT2D eigenvalue weighted by molar-refractivity contribution is 0.726. The van der Waals surface area contributed by atoms with Gasteiger partial charge < -0.3 is 5.32 Å². The largest absolute Gasteiger partial charge is 0.313 e. The highest BCUT2D eigenvalue weighted by Gasteiger charge is 2.03. The fourth-order valence-corrected chi connectivity index (χ4v) is 2.69. The summed E-state index contributed by atoms with van der Waals surface area (Å²) >= 11 is 7.96. The highest BCUT2D eigenvalue weighted by atomic mass is 35.5. The van der Waals surface area contributed by atoms with Crippen LogP contribution in [0.2, 0.25) is 5.02 Å². The van der Waals surface area contributed by atoms with Gasteiger partial charge in [-0.05, 0) is 36.4 Å². The molecule has 2 aromatic rings. The maximum atomic E-state index is 6.27. The Hall–Kier alpha value is -1.03. The Bertz CT molecular complexity index is 502. The van der Waals surface area contributed by atoms with Crippen molar-refractivity contribution in [2.24, 2.45) is 0 Å². The highest BCUT2D eigenvalue weighted by Crippen LogP contribution is 2.30. The van der Waals surface area contributed by atoms with Crippen LogP contribution in [0.5, 0.6) is 0 Å². The predicted molar refractivity (Wildman–Crippen MR) is 77.2 cm³/mol. The average Bonchev–Trinajstić information content (AvgIpc) is 2.39. The molecule has 0 fully saturated rings. The van der Waals surface area contributed by atoms with Crippen molar-refractivity contribution in [3.63, 3.8) is 0 Å². The van der Waals surface area contributed by atoms with E-state index in [1.165, 1.54) is 4.90 Å². The Morgan fingerprint density at radius 1 is 1.17 bits per heavy atom. The molecule has 1 aromatic carbocycles. The van der Waals surface area contributed by atoms with E-state index in [-0.39, 0.29) is 0 Å². The minimum Gasteiger partial charge on any atom is -0.313 e. The number of nitrogens with zero attached hydrogens (tertiary/aromatic N) is 1. The molecule has 18 heavy (non-hydrogen) atoms. The Morgan fingerprint density at radius 3 is 2.61 bits per heavy atom. The van der Waals surface area contributed by atoms with Crippen LogP contribution in [0.4, 0.5) is 0 Å². The van der Waals surface area contributed by atoms with Gasteiger partial charge in [0, 0.05) is 33.8 Å². The Balaban J connectivity index is 2.09. The van der Waals surface area contributed by atoms with Crippen molar-refractivity contribution in [2.75, 3.05) is 6.54 Å². The van der Waals surface area contributed by atoms with E-state index >= 15 is 0 Å². The molecule has 0 aliphatic carbocycles. The quantitative estimate of drug-likeness (QED) is 0.895. The number of benzene rings is 1. The van der Waals surface area contributed by atoms with Crippen LogP contribution in [0.15, 0.2) is 52.5 Å². The molecule has 0 saturated carbocycles. The van der Waals surface area contributed by atoms with Gasteiger partial charge in [0.1, 0.15) is 0 Å². The lowest BCUT2D eigenvalue weighted by Gasteiger charge is -2.07. The van der Waals surface area contributed by atoms with Crippen LogP contribution in [-0.4, -0.2) is 11.5 Å². The summed E-state index contributed by atoms with van der Waals surface area (Å²) in [5, 5.41) is 4.09. The summed E-state index contributed by atoms with van der Waals surface area (Å²) < 4.78 is 0. The first-order chi connectivity index (χ1) is 8.79. The Kier molecular flexibility index (Phi) is 5.05. The van der Waals surface area contributed by atoms with Crippen molar-refractivity contribution in [2.45, 2.75) is 23.3 Å². The second-order valence-electron chi connectivity index (χ2n) is 3.82. The van der Waals surface area contributed by atoms with E-state index in [0.29, 0.717) is 0 Å². The smallest absolute Gasteiger partial charge is 0.0462 e. The summed E-state index contributed by atoms with van der Waals surface area (Å²) in [6, 6.07) is 10.2. The van der Waals surface area contributed by atoms with Gasteiger partial charge in [-0.25, -0.2) is 0 Å². The normalized spacial score (nSPS) is 10.6. The molecule has 1 heterocycles. The van der Waals surface area contributed by atoms with Crippen LogP contribution in [0, 0.1) is 0 Å². The first kappa shape index (κ1) is 13.4. The molecule has 0 aliphatic rings. The van der Waals surface area contributed by atoms with Crippen molar-refractivity contribution < 1.29 is 0 Å². The van der Waals surface area contributed by atoms with Gasteiger partial charge in [0.25, 0.3) is 0 Å². The summed E-state index contributed by atoms with van der Waals surface area (Å²) in [6.45, 7) is 3.85. The van der Waals surface area contributed by atoms with E-state index in [4.69, 9.17) is 11.6 Å². The molecular formula is C14H15ClN2S. The summed E-state index contributed by atoms with van der Waals surface area (Å²) in [7, 11) is 0. The minimum absolute atomic E-state index is 0.815. The van der Waals surface area contributed by atoms with E-state index in [2.05, 4.69) is 29.4 Å². The highest BCUT2D eigenvalue weighted by molar-refractivity contribution is 7.99. The van der Waals surface area contributed by atoms with Crippen LogP contribution < -0.4 is 5.32 Å². The van der Waals surface area contributed by atoms with Crippen molar-refractivity contribution in [3.05, 3.63) is 53.3 Å². The maximum Gasteiger partial charge on any atom is 0.0462 e. The number of aromatic nitrogens is 1. The van der Waals surface area contributed by atoms with E-state index in [0.717, 1.165) is 28.6 Å². The Morgan fingerprint density at radius 2 is 1.94 bits per heavy atom. The second-order valence-corrected chi connectivity index (χ2v) is 5.37. The van der Waals surface area contributed by atoms with Crippen molar-refractivity contribution in [1.82, 2.24) is 10.3 Å². The number of hydrogen-bond acceptors (Lipinski definition) is 3. The fraction of sp³-hybridized carbons (Fsp3) is 0.214. The fourth-order valence-electron chi connectivity index (χ4n) is 1.54. The predicted octanol–water partition coefficient (Wildman–Crippen LogP) is 4.00. The van der Waals surface area contributed by atoms with Crippen LogP contribution in [0.25, 0.3) is 0 Å².